The zero-order valence-electron chi connectivity index (χ0n) is 23.0. The second-order valence-electron chi connectivity index (χ2n) is 14.0. The zero-order chi connectivity index (χ0) is 25.2. The summed E-state index contributed by atoms with van der Waals surface area (Å²) >= 11 is 5.62. The zero-order valence-corrected chi connectivity index (χ0v) is 23.8. The van der Waals surface area contributed by atoms with Crippen LogP contribution in [0.1, 0.15) is 112 Å². The molecule has 0 aromatic carbocycles. The number of rotatable bonds is 6. The van der Waals surface area contributed by atoms with Crippen LogP contribution in [0.2, 0.25) is 0 Å². The van der Waals surface area contributed by atoms with Gasteiger partial charge in [-0.25, -0.2) is 0 Å². The van der Waals surface area contributed by atoms with Crippen LogP contribution in [-0.4, -0.2) is 28.9 Å². The first-order valence-corrected chi connectivity index (χ1v) is 15.1. The fourth-order valence-corrected chi connectivity index (χ4v) is 10.7. The van der Waals surface area contributed by atoms with E-state index in [2.05, 4.69) is 39.9 Å². The summed E-state index contributed by atoms with van der Waals surface area (Å²) in [6.07, 6.45) is 13.7. The van der Waals surface area contributed by atoms with Gasteiger partial charge in [-0.05, 0) is 104 Å². The van der Waals surface area contributed by atoms with Crippen molar-refractivity contribution in [3.05, 3.63) is 0 Å². The fourth-order valence-electron chi connectivity index (χ4n) is 10.4. The van der Waals surface area contributed by atoms with E-state index < -0.39 is 0 Å². The third-order valence-corrected chi connectivity index (χ3v) is 12.2. The van der Waals surface area contributed by atoms with Crippen molar-refractivity contribution in [2.45, 2.75) is 130 Å². The number of nitrogens with one attached hydrogen (secondary N) is 1. The Labute approximate surface area is 219 Å². The Morgan fingerprint density at radius 3 is 2.60 bits per heavy atom. The highest BCUT2D eigenvalue weighted by Crippen LogP contribution is 2.70. The molecule has 1 unspecified atom stereocenters. The molecule has 5 rings (SSSR count). The summed E-state index contributed by atoms with van der Waals surface area (Å²) in [5, 5.41) is 4.26. The van der Waals surface area contributed by atoms with Crippen molar-refractivity contribution in [3.8, 4) is 0 Å². The van der Waals surface area contributed by atoms with Crippen molar-refractivity contribution in [1.82, 2.24) is 5.32 Å². The summed E-state index contributed by atoms with van der Waals surface area (Å²) in [6.45, 7) is 14.0. The van der Waals surface area contributed by atoms with Crippen LogP contribution in [0.3, 0.4) is 0 Å². The van der Waals surface area contributed by atoms with Crippen LogP contribution in [0.25, 0.3) is 0 Å². The maximum atomic E-state index is 11.8. The highest BCUT2D eigenvalue weighted by Gasteiger charge is 2.71. The van der Waals surface area contributed by atoms with Gasteiger partial charge >= 0.3 is 5.97 Å². The van der Waals surface area contributed by atoms with Crippen LogP contribution in [0.15, 0.2) is 0 Å². The Bertz CT molecular complexity index is 845. The lowest BCUT2D eigenvalue weighted by Crippen LogP contribution is -2.71. The Morgan fingerprint density at radius 1 is 1.11 bits per heavy atom. The molecule has 1 saturated heterocycles. The van der Waals surface area contributed by atoms with Crippen LogP contribution in [0.5, 0.6) is 0 Å². The van der Waals surface area contributed by atoms with Gasteiger partial charge in [0.15, 0.2) is 0 Å². The first-order valence-electron chi connectivity index (χ1n) is 14.7. The van der Waals surface area contributed by atoms with Gasteiger partial charge in [-0.15, -0.1) is 0 Å². The van der Waals surface area contributed by atoms with Crippen molar-refractivity contribution in [2.24, 2.45) is 46.3 Å². The second-order valence-corrected chi connectivity index (χ2v) is 14.4. The van der Waals surface area contributed by atoms with Gasteiger partial charge in [0.25, 0.3) is 5.17 Å². The number of thiocarbonyl (C=S) groups is 1. The largest absolute Gasteiger partial charge is 0.465 e. The minimum absolute atomic E-state index is 0.0342. The molecule has 35 heavy (non-hydrogen) atoms. The van der Waals surface area contributed by atoms with Crippen molar-refractivity contribution >= 4 is 23.4 Å². The first-order chi connectivity index (χ1) is 16.5. The van der Waals surface area contributed by atoms with Gasteiger partial charge < -0.3 is 14.8 Å². The molecule has 0 aromatic rings. The van der Waals surface area contributed by atoms with Crippen LogP contribution in [0.4, 0.5) is 0 Å². The van der Waals surface area contributed by atoms with Gasteiger partial charge in [0.2, 0.25) is 0 Å². The Morgan fingerprint density at radius 2 is 1.89 bits per heavy atom. The van der Waals surface area contributed by atoms with Gasteiger partial charge in [-0.1, -0.05) is 53.9 Å². The van der Waals surface area contributed by atoms with Gasteiger partial charge in [0.05, 0.1) is 5.54 Å². The lowest BCUT2D eigenvalue weighted by atomic mass is 9.41. The molecule has 0 aromatic heterocycles. The Kier molecular flexibility index (Phi) is 6.76. The average Bonchev–Trinajstić information content (AvgIpc) is 3.28. The van der Waals surface area contributed by atoms with Crippen LogP contribution in [0, 0.1) is 46.3 Å². The predicted octanol–water partition coefficient (Wildman–Crippen LogP) is 7.05. The molecule has 1 aliphatic heterocycles. The number of ether oxygens (including phenoxy) is 2. The van der Waals surface area contributed by atoms with E-state index in [0.29, 0.717) is 16.5 Å². The molecule has 1 spiro atoms. The lowest BCUT2D eigenvalue weighted by molar-refractivity contribution is -0.182. The fraction of sp³-hybridized carbons (Fsp3) is 0.933. The van der Waals surface area contributed by atoms with E-state index in [4.69, 9.17) is 21.7 Å². The van der Waals surface area contributed by atoms with E-state index in [0.717, 1.165) is 55.3 Å². The first kappa shape index (κ1) is 25.8. The summed E-state index contributed by atoms with van der Waals surface area (Å²) in [4.78, 5) is 11.8. The molecule has 4 aliphatic carbocycles. The molecule has 5 fully saturated rings. The van der Waals surface area contributed by atoms with Crippen LogP contribution < -0.4 is 5.32 Å². The summed E-state index contributed by atoms with van der Waals surface area (Å²) < 4.78 is 12.2. The van der Waals surface area contributed by atoms with Crippen LogP contribution in [-0.2, 0) is 14.3 Å². The highest BCUT2D eigenvalue weighted by molar-refractivity contribution is 7.80. The summed E-state index contributed by atoms with van der Waals surface area (Å²) in [5.41, 5.74) is 0.399. The quantitative estimate of drug-likeness (QED) is 0.311. The number of fused-ring (bicyclic) bond motifs is 4. The van der Waals surface area contributed by atoms with Gasteiger partial charge in [0, 0.05) is 13.3 Å². The molecule has 5 aliphatic rings. The van der Waals surface area contributed by atoms with Crippen LogP contribution >= 0.6 is 12.2 Å². The number of carbonyl (C=O) groups is 1. The van der Waals surface area contributed by atoms with Gasteiger partial charge in [-0.2, -0.15) is 0 Å². The minimum Gasteiger partial charge on any atom is -0.465 e. The molecule has 10 atom stereocenters. The maximum absolute atomic E-state index is 11.8. The molecule has 0 amide bonds. The number of hydrogen-bond donors (Lipinski definition) is 1. The molecular weight excluding hydrogens is 454 g/mol. The summed E-state index contributed by atoms with van der Waals surface area (Å²) in [7, 11) is 0. The maximum Gasteiger partial charge on any atom is 0.302 e. The molecule has 0 radical (unpaired) electrons. The molecule has 4 nitrogen and oxygen atoms in total. The van der Waals surface area contributed by atoms with E-state index in [1.165, 1.54) is 51.9 Å². The second kappa shape index (κ2) is 9.17. The molecule has 1 heterocycles. The Hall–Kier alpha value is -0.840. The summed E-state index contributed by atoms with van der Waals surface area (Å²) in [6, 6.07) is 0. The predicted molar refractivity (Wildman–Crippen MR) is 144 cm³/mol. The lowest BCUT2D eigenvalue weighted by Gasteiger charge is -2.65. The third kappa shape index (κ3) is 4.05. The van der Waals surface area contributed by atoms with E-state index >= 15 is 0 Å². The van der Waals surface area contributed by atoms with Crippen molar-refractivity contribution in [2.75, 3.05) is 0 Å². The molecule has 1 N–H and O–H groups in total. The molecule has 5 heteroatoms. The van der Waals surface area contributed by atoms with Gasteiger partial charge in [-0.3, -0.25) is 4.79 Å². The Balaban J connectivity index is 1.38. The standard InChI is InChI=1S/C30H49NO3S/c1-18(2)8-7-9-19(3)23-10-11-24-22-16-26-30(31-27(35)34-26)17-21(33-20(4)32)12-15-29(30,6)25(22)13-14-28(23,24)5/h18-19,21-26H,7-17H2,1-6H3,(H,31,35)/t19-,21?,22+,23-,24+,25+,26-,28-,29-,30-/m1/s1. The number of esters is 1. The number of hydrogen-bond acceptors (Lipinski definition) is 4. The highest BCUT2D eigenvalue weighted by atomic mass is 32.1. The third-order valence-electron chi connectivity index (χ3n) is 12.0. The number of carbonyl (C=O) groups excluding carboxylic acids is 1. The normalized spacial score (nSPS) is 47.1. The van der Waals surface area contributed by atoms with E-state index in [-0.39, 0.29) is 29.1 Å². The molecule has 4 saturated carbocycles. The minimum atomic E-state index is -0.195. The van der Waals surface area contributed by atoms with E-state index in [1.807, 2.05) is 0 Å². The van der Waals surface area contributed by atoms with Gasteiger partial charge in [0.1, 0.15) is 12.2 Å². The SMILES string of the molecule is CC(=O)OC1CC[C@]2(C)[C@H]3CC[C@]4(C)[C@@H]([C@H](C)CCCC(C)C)CC[C@H]4[C@@H]3C[C@H]3OC(=S)N[C@]32C1. The smallest absolute Gasteiger partial charge is 0.302 e. The molecular formula is C30H49NO3S. The van der Waals surface area contributed by atoms with E-state index in [9.17, 15) is 4.79 Å². The monoisotopic (exact) mass is 503 g/mol. The van der Waals surface area contributed by atoms with E-state index in [1.54, 1.807) is 0 Å². The molecule has 0 bridgehead atoms. The molecule has 198 valence electrons. The van der Waals surface area contributed by atoms with Crippen molar-refractivity contribution < 1.29 is 14.3 Å². The summed E-state index contributed by atoms with van der Waals surface area (Å²) in [5.74, 6) is 4.56. The average molecular weight is 504 g/mol. The van der Waals surface area contributed by atoms with Crippen molar-refractivity contribution in [3.63, 3.8) is 0 Å². The topological polar surface area (TPSA) is 47.6 Å². The van der Waals surface area contributed by atoms with Crippen molar-refractivity contribution in [1.29, 1.82) is 0 Å².